The standard InChI is InChI=1S/C27H37N9/c1-17-10-11-18(23-30-20-8-6-7-9-21(20)31-23)14-22(17)32-25-33-24(29-19-12-13-28-15-19)34-26(35-25)36(5)16-27(2,3)4/h6-9,11,14,17,19,28H,10,12-13,15-16H2,1-5H3,(H,30,31)(H2,29,32,33,34,35)/t17?,19-/m1/s1. The molecule has 0 amide bonds. The first-order valence-corrected chi connectivity index (χ1v) is 12.8. The molecule has 36 heavy (non-hydrogen) atoms. The summed E-state index contributed by atoms with van der Waals surface area (Å²) in [6.07, 6.45) is 6.35. The number of hydrogen-bond donors (Lipinski definition) is 4. The van der Waals surface area contributed by atoms with Crippen LogP contribution in [-0.4, -0.2) is 57.6 Å². The molecule has 5 rings (SSSR count). The first-order chi connectivity index (χ1) is 17.2. The Labute approximate surface area is 212 Å². The molecule has 1 fully saturated rings. The monoisotopic (exact) mass is 487 g/mol. The van der Waals surface area contributed by atoms with Crippen LogP contribution in [0.1, 0.15) is 46.4 Å². The van der Waals surface area contributed by atoms with Crippen LogP contribution in [-0.2, 0) is 0 Å². The molecular formula is C27H37N9. The normalized spacial score (nSPS) is 20.2. The molecule has 4 N–H and O–H groups in total. The molecule has 2 aromatic heterocycles. The number of H-pyrrole nitrogens is 1. The fourth-order valence-electron chi connectivity index (χ4n) is 4.74. The molecule has 2 aliphatic rings. The van der Waals surface area contributed by atoms with Gasteiger partial charge in [-0.3, -0.25) is 0 Å². The molecule has 1 unspecified atom stereocenters. The van der Waals surface area contributed by atoms with E-state index in [9.17, 15) is 0 Å². The largest absolute Gasteiger partial charge is 0.350 e. The minimum atomic E-state index is 0.116. The second kappa shape index (κ2) is 9.89. The molecule has 9 nitrogen and oxygen atoms in total. The number of allylic oxidation sites excluding steroid dienone is 4. The Bertz CT molecular complexity index is 1240. The lowest BCUT2D eigenvalue weighted by atomic mass is 9.94. The van der Waals surface area contributed by atoms with Crippen molar-refractivity contribution in [2.24, 2.45) is 11.3 Å². The number of hydrogen-bond acceptors (Lipinski definition) is 8. The van der Waals surface area contributed by atoms with Crippen LogP contribution in [0.4, 0.5) is 17.8 Å². The van der Waals surface area contributed by atoms with Crippen molar-refractivity contribution in [1.29, 1.82) is 0 Å². The van der Waals surface area contributed by atoms with E-state index in [4.69, 9.17) is 19.9 Å². The van der Waals surface area contributed by atoms with E-state index >= 15 is 0 Å². The molecule has 3 heterocycles. The van der Waals surface area contributed by atoms with Crippen LogP contribution in [0.25, 0.3) is 16.6 Å². The van der Waals surface area contributed by atoms with Gasteiger partial charge < -0.3 is 25.8 Å². The van der Waals surface area contributed by atoms with Crippen molar-refractivity contribution in [1.82, 2.24) is 30.2 Å². The van der Waals surface area contributed by atoms with Gasteiger partial charge in [-0.1, -0.05) is 45.9 Å². The smallest absolute Gasteiger partial charge is 0.233 e. The van der Waals surface area contributed by atoms with Gasteiger partial charge in [-0.25, -0.2) is 4.98 Å². The number of benzene rings is 1. The Morgan fingerprint density at radius 1 is 1.08 bits per heavy atom. The van der Waals surface area contributed by atoms with Crippen LogP contribution >= 0.6 is 0 Å². The van der Waals surface area contributed by atoms with Crippen LogP contribution in [0, 0.1) is 11.3 Å². The van der Waals surface area contributed by atoms with E-state index in [0.29, 0.717) is 29.8 Å². The quantitative estimate of drug-likeness (QED) is 0.388. The van der Waals surface area contributed by atoms with Crippen LogP contribution < -0.4 is 20.9 Å². The maximum Gasteiger partial charge on any atom is 0.233 e. The summed E-state index contributed by atoms with van der Waals surface area (Å²) in [4.78, 5) is 24.6. The molecule has 2 atom stereocenters. The highest BCUT2D eigenvalue weighted by Crippen LogP contribution is 2.30. The zero-order valence-electron chi connectivity index (χ0n) is 21.9. The molecular weight excluding hydrogens is 450 g/mol. The topological polar surface area (TPSA) is 107 Å². The van der Waals surface area contributed by atoms with Crippen LogP contribution in [0.15, 0.2) is 42.1 Å². The third-order valence-electron chi connectivity index (χ3n) is 6.52. The predicted molar refractivity (Wildman–Crippen MR) is 147 cm³/mol. The summed E-state index contributed by atoms with van der Waals surface area (Å²) in [6.45, 7) is 11.6. The van der Waals surface area contributed by atoms with Crippen molar-refractivity contribution in [2.75, 3.05) is 42.2 Å². The second-order valence-electron chi connectivity index (χ2n) is 11.2. The van der Waals surface area contributed by atoms with Gasteiger partial charge in [0.05, 0.1) is 11.0 Å². The number of nitrogens with zero attached hydrogens (tertiary/aromatic N) is 5. The molecule has 1 saturated heterocycles. The van der Waals surface area contributed by atoms with Gasteiger partial charge in [0.2, 0.25) is 17.8 Å². The SMILES string of the molecule is CC1CC=C(c2nc3ccccc3[nH]2)C=C1Nc1nc(N[C@@H]2CCNC2)nc(N(C)CC(C)(C)C)n1. The maximum atomic E-state index is 4.81. The van der Waals surface area contributed by atoms with E-state index in [-0.39, 0.29) is 5.41 Å². The molecule has 0 bridgehead atoms. The lowest BCUT2D eigenvalue weighted by molar-refractivity contribution is 0.416. The highest BCUT2D eigenvalue weighted by molar-refractivity contribution is 5.82. The molecule has 0 saturated carbocycles. The van der Waals surface area contributed by atoms with E-state index in [2.05, 4.69) is 71.7 Å². The van der Waals surface area contributed by atoms with E-state index < -0.39 is 0 Å². The van der Waals surface area contributed by atoms with Crippen molar-refractivity contribution in [3.63, 3.8) is 0 Å². The van der Waals surface area contributed by atoms with E-state index in [1.54, 1.807) is 0 Å². The summed E-state index contributed by atoms with van der Waals surface area (Å²) in [7, 11) is 2.04. The molecule has 1 aromatic carbocycles. The fourth-order valence-corrected chi connectivity index (χ4v) is 4.74. The van der Waals surface area contributed by atoms with Crippen molar-refractivity contribution >= 4 is 34.5 Å². The molecule has 1 aliphatic heterocycles. The molecule has 3 aromatic rings. The van der Waals surface area contributed by atoms with Crippen molar-refractivity contribution < 1.29 is 0 Å². The predicted octanol–water partition coefficient (Wildman–Crippen LogP) is 4.42. The highest BCUT2D eigenvalue weighted by Gasteiger charge is 2.22. The first-order valence-electron chi connectivity index (χ1n) is 12.8. The van der Waals surface area contributed by atoms with Crippen LogP contribution in [0.3, 0.4) is 0 Å². The van der Waals surface area contributed by atoms with Crippen LogP contribution in [0.5, 0.6) is 0 Å². The maximum absolute atomic E-state index is 4.81. The van der Waals surface area contributed by atoms with Crippen LogP contribution in [0.2, 0.25) is 0 Å². The third-order valence-corrected chi connectivity index (χ3v) is 6.52. The number of imidazole rings is 1. The van der Waals surface area contributed by atoms with E-state index in [0.717, 1.165) is 60.6 Å². The Balaban J connectivity index is 1.43. The van der Waals surface area contributed by atoms with Gasteiger partial charge in [0.15, 0.2) is 0 Å². The summed E-state index contributed by atoms with van der Waals surface area (Å²) in [6, 6.07) is 8.42. The number of aromatic amines is 1. The van der Waals surface area contributed by atoms with Gasteiger partial charge in [0.25, 0.3) is 0 Å². The van der Waals surface area contributed by atoms with Gasteiger partial charge in [-0.15, -0.1) is 0 Å². The van der Waals surface area contributed by atoms with Gasteiger partial charge in [-0.2, -0.15) is 15.0 Å². The fraction of sp³-hybridized carbons (Fsp3) is 0.481. The average Bonchev–Trinajstić information content (AvgIpc) is 3.49. The molecule has 9 heteroatoms. The van der Waals surface area contributed by atoms with Crippen molar-refractivity contribution in [2.45, 2.75) is 46.6 Å². The third kappa shape index (κ3) is 5.67. The van der Waals surface area contributed by atoms with Gasteiger partial charge in [0, 0.05) is 37.4 Å². The zero-order valence-corrected chi connectivity index (χ0v) is 21.9. The van der Waals surface area contributed by atoms with Crippen molar-refractivity contribution in [3.05, 3.63) is 47.9 Å². The lowest BCUT2D eigenvalue weighted by Crippen LogP contribution is -2.31. The molecule has 0 spiro atoms. The van der Waals surface area contributed by atoms with Gasteiger partial charge in [-0.05, 0) is 48.9 Å². The van der Waals surface area contributed by atoms with Gasteiger partial charge >= 0.3 is 0 Å². The Morgan fingerprint density at radius 2 is 1.89 bits per heavy atom. The number of nitrogens with one attached hydrogen (secondary N) is 4. The lowest BCUT2D eigenvalue weighted by Gasteiger charge is -2.27. The number of anilines is 3. The van der Waals surface area contributed by atoms with E-state index in [1.807, 2.05) is 25.2 Å². The highest BCUT2D eigenvalue weighted by atomic mass is 15.3. The number of aromatic nitrogens is 5. The second-order valence-corrected chi connectivity index (χ2v) is 11.2. The summed E-state index contributed by atoms with van der Waals surface area (Å²) in [5, 5.41) is 10.4. The molecule has 1 aliphatic carbocycles. The Morgan fingerprint density at radius 3 is 2.64 bits per heavy atom. The molecule has 0 radical (unpaired) electrons. The summed E-state index contributed by atoms with van der Waals surface area (Å²) >= 11 is 0. The average molecular weight is 488 g/mol. The van der Waals surface area contributed by atoms with Gasteiger partial charge in [0.1, 0.15) is 5.82 Å². The number of fused-ring (bicyclic) bond motifs is 1. The summed E-state index contributed by atoms with van der Waals surface area (Å²) in [5.41, 5.74) is 4.26. The minimum Gasteiger partial charge on any atom is -0.350 e. The van der Waals surface area contributed by atoms with E-state index in [1.165, 1.54) is 0 Å². The van der Waals surface area contributed by atoms with Crippen molar-refractivity contribution in [3.8, 4) is 0 Å². The first kappa shape index (κ1) is 24.2. The number of para-hydroxylation sites is 2. The summed E-state index contributed by atoms with van der Waals surface area (Å²) in [5.74, 6) is 3.00. The molecule has 190 valence electrons. The summed E-state index contributed by atoms with van der Waals surface area (Å²) < 4.78 is 0. The Hall–Kier alpha value is -3.46. The minimum absolute atomic E-state index is 0.116. The number of rotatable bonds is 7. The Kier molecular flexibility index (Phi) is 6.66. The zero-order chi connectivity index (χ0) is 25.3.